The first kappa shape index (κ1) is 12.5. The van der Waals surface area contributed by atoms with Gasteiger partial charge in [-0.3, -0.25) is 0 Å². The van der Waals surface area contributed by atoms with Crippen molar-refractivity contribution >= 4 is 10.0 Å². The van der Waals surface area contributed by atoms with E-state index >= 15 is 0 Å². The summed E-state index contributed by atoms with van der Waals surface area (Å²) in [4.78, 5) is 0.314. The van der Waals surface area contributed by atoms with Gasteiger partial charge in [-0.25, -0.2) is 13.1 Å². The van der Waals surface area contributed by atoms with Crippen LogP contribution in [0.1, 0.15) is 31.2 Å². The monoisotopic (exact) mass is 254 g/mol. The van der Waals surface area contributed by atoms with Gasteiger partial charge in [-0.2, -0.15) is 0 Å². The SMILES string of the molecule is NCc1ccccc1S(=O)(=O)NC1CCCC1. The Morgan fingerprint density at radius 1 is 1.24 bits per heavy atom. The van der Waals surface area contributed by atoms with Crippen molar-refractivity contribution in [3.63, 3.8) is 0 Å². The van der Waals surface area contributed by atoms with Gasteiger partial charge >= 0.3 is 0 Å². The first-order chi connectivity index (χ1) is 8.13. The molecule has 0 heterocycles. The van der Waals surface area contributed by atoms with Crippen molar-refractivity contribution in [3.8, 4) is 0 Å². The molecule has 17 heavy (non-hydrogen) atoms. The largest absolute Gasteiger partial charge is 0.326 e. The first-order valence-corrected chi connectivity index (χ1v) is 7.42. The predicted octanol–water partition coefficient (Wildman–Crippen LogP) is 1.37. The Morgan fingerprint density at radius 2 is 1.88 bits per heavy atom. The average Bonchev–Trinajstić information content (AvgIpc) is 2.81. The fourth-order valence-corrected chi connectivity index (χ4v) is 3.82. The first-order valence-electron chi connectivity index (χ1n) is 5.94. The molecule has 0 amide bonds. The second-order valence-corrected chi connectivity index (χ2v) is 6.10. The highest BCUT2D eigenvalue weighted by Gasteiger charge is 2.24. The molecule has 0 bridgehead atoms. The summed E-state index contributed by atoms with van der Waals surface area (Å²) >= 11 is 0. The number of benzene rings is 1. The van der Waals surface area contributed by atoms with Crippen LogP contribution in [0.3, 0.4) is 0 Å². The third-order valence-corrected chi connectivity index (χ3v) is 4.78. The van der Waals surface area contributed by atoms with Crippen LogP contribution in [0.25, 0.3) is 0 Å². The van der Waals surface area contributed by atoms with E-state index in [1.807, 2.05) is 0 Å². The Bertz CT molecular complexity index is 479. The molecule has 0 atom stereocenters. The molecule has 94 valence electrons. The Balaban J connectivity index is 2.24. The van der Waals surface area contributed by atoms with Gasteiger partial charge in [0.25, 0.3) is 0 Å². The van der Waals surface area contributed by atoms with Crippen LogP contribution in [0, 0.1) is 0 Å². The van der Waals surface area contributed by atoms with E-state index in [1.165, 1.54) is 0 Å². The molecule has 0 radical (unpaired) electrons. The van der Waals surface area contributed by atoms with Crippen LogP contribution in [0.5, 0.6) is 0 Å². The van der Waals surface area contributed by atoms with Crippen molar-refractivity contribution in [2.45, 2.75) is 43.2 Å². The van der Waals surface area contributed by atoms with E-state index in [9.17, 15) is 8.42 Å². The number of rotatable bonds is 4. The maximum Gasteiger partial charge on any atom is 0.241 e. The fraction of sp³-hybridized carbons (Fsp3) is 0.500. The molecule has 5 heteroatoms. The standard InChI is InChI=1S/C12H18N2O2S/c13-9-10-5-1-4-8-12(10)17(15,16)14-11-6-2-3-7-11/h1,4-5,8,11,14H,2-3,6-7,9,13H2. The third-order valence-electron chi connectivity index (χ3n) is 3.16. The van der Waals surface area contributed by atoms with Crippen molar-refractivity contribution < 1.29 is 8.42 Å². The molecule has 2 rings (SSSR count). The molecule has 1 aromatic carbocycles. The number of nitrogens with one attached hydrogen (secondary N) is 1. The summed E-state index contributed by atoms with van der Waals surface area (Å²) < 4.78 is 27.2. The zero-order valence-electron chi connectivity index (χ0n) is 9.72. The maximum absolute atomic E-state index is 12.2. The minimum absolute atomic E-state index is 0.0887. The van der Waals surface area contributed by atoms with Crippen molar-refractivity contribution in [2.24, 2.45) is 5.73 Å². The predicted molar refractivity (Wildman–Crippen MR) is 66.9 cm³/mol. The molecular formula is C12H18N2O2S. The van der Waals surface area contributed by atoms with E-state index < -0.39 is 10.0 Å². The molecule has 1 aliphatic rings. The van der Waals surface area contributed by atoms with Crippen LogP contribution < -0.4 is 10.5 Å². The van der Waals surface area contributed by atoms with Gasteiger partial charge in [0, 0.05) is 12.6 Å². The number of sulfonamides is 1. The molecule has 0 saturated heterocycles. The molecule has 3 N–H and O–H groups in total. The lowest BCUT2D eigenvalue weighted by molar-refractivity contribution is 0.551. The number of hydrogen-bond acceptors (Lipinski definition) is 3. The molecule has 0 aliphatic heterocycles. The van der Waals surface area contributed by atoms with Gasteiger partial charge in [-0.15, -0.1) is 0 Å². The molecule has 0 aromatic heterocycles. The zero-order valence-corrected chi connectivity index (χ0v) is 10.5. The quantitative estimate of drug-likeness (QED) is 0.852. The lowest BCUT2D eigenvalue weighted by atomic mass is 10.2. The summed E-state index contributed by atoms with van der Waals surface area (Å²) in [6.45, 7) is 0.238. The van der Waals surface area contributed by atoms with Crippen LogP contribution in [0.15, 0.2) is 29.2 Å². The highest BCUT2D eigenvalue weighted by atomic mass is 32.2. The van der Waals surface area contributed by atoms with Crippen molar-refractivity contribution in [1.82, 2.24) is 4.72 Å². The van der Waals surface area contributed by atoms with E-state index in [1.54, 1.807) is 24.3 Å². The Labute approximate surface area is 102 Å². The Kier molecular flexibility index (Phi) is 3.81. The van der Waals surface area contributed by atoms with Gasteiger partial charge in [0.05, 0.1) is 4.90 Å². The highest BCUT2D eigenvalue weighted by molar-refractivity contribution is 7.89. The van der Waals surface area contributed by atoms with E-state index in [2.05, 4.69) is 4.72 Å². The minimum Gasteiger partial charge on any atom is -0.326 e. The van der Waals surface area contributed by atoms with Gasteiger partial charge in [0.1, 0.15) is 0 Å². The summed E-state index contributed by atoms with van der Waals surface area (Å²) in [5.41, 5.74) is 6.23. The third kappa shape index (κ3) is 2.86. The molecule has 1 aliphatic carbocycles. The van der Waals surface area contributed by atoms with E-state index in [-0.39, 0.29) is 12.6 Å². The van der Waals surface area contributed by atoms with Crippen LogP contribution in [-0.4, -0.2) is 14.5 Å². The van der Waals surface area contributed by atoms with Crippen LogP contribution in [0.2, 0.25) is 0 Å². The summed E-state index contributed by atoms with van der Waals surface area (Å²) in [7, 11) is -3.42. The molecule has 0 spiro atoms. The highest BCUT2D eigenvalue weighted by Crippen LogP contribution is 2.21. The Hall–Kier alpha value is -0.910. The van der Waals surface area contributed by atoms with Crippen molar-refractivity contribution in [1.29, 1.82) is 0 Å². The molecule has 1 saturated carbocycles. The lowest BCUT2D eigenvalue weighted by Crippen LogP contribution is -2.33. The number of nitrogens with two attached hydrogens (primary N) is 1. The summed E-state index contributed by atoms with van der Waals surface area (Å²) in [5.74, 6) is 0. The molecule has 1 aromatic rings. The van der Waals surface area contributed by atoms with Crippen LogP contribution in [0.4, 0.5) is 0 Å². The normalized spacial score (nSPS) is 17.5. The zero-order chi connectivity index (χ0) is 12.3. The second-order valence-electron chi connectivity index (χ2n) is 4.41. The van der Waals surface area contributed by atoms with Crippen molar-refractivity contribution in [2.75, 3.05) is 0 Å². The van der Waals surface area contributed by atoms with Crippen LogP contribution >= 0.6 is 0 Å². The Morgan fingerprint density at radius 3 is 2.53 bits per heavy atom. The van der Waals surface area contributed by atoms with Gasteiger partial charge in [-0.1, -0.05) is 31.0 Å². The van der Waals surface area contributed by atoms with Gasteiger partial charge in [-0.05, 0) is 24.5 Å². The molecule has 4 nitrogen and oxygen atoms in total. The van der Waals surface area contributed by atoms with Gasteiger partial charge < -0.3 is 5.73 Å². The summed E-state index contributed by atoms with van der Waals surface area (Å²) in [6, 6.07) is 6.98. The average molecular weight is 254 g/mol. The van der Waals surface area contributed by atoms with Crippen LogP contribution in [-0.2, 0) is 16.6 Å². The molecular weight excluding hydrogens is 236 g/mol. The van der Waals surface area contributed by atoms with Gasteiger partial charge in [0.15, 0.2) is 0 Å². The number of hydrogen-bond donors (Lipinski definition) is 2. The summed E-state index contributed by atoms with van der Waals surface area (Å²) in [5, 5.41) is 0. The second kappa shape index (κ2) is 5.16. The molecule has 1 fully saturated rings. The summed E-state index contributed by atoms with van der Waals surface area (Å²) in [6.07, 6.45) is 4.07. The fourth-order valence-electron chi connectivity index (χ4n) is 2.26. The maximum atomic E-state index is 12.2. The lowest BCUT2D eigenvalue weighted by Gasteiger charge is -2.14. The van der Waals surface area contributed by atoms with Gasteiger partial charge in [0.2, 0.25) is 10.0 Å². The smallest absolute Gasteiger partial charge is 0.241 e. The van der Waals surface area contributed by atoms with E-state index in [4.69, 9.17) is 5.73 Å². The van der Waals surface area contributed by atoms with Crippen molar-refractivity contribution in [3.05, 3.63) is 29.8 Å². The topological polar surface area (TPSA) is 72.2 Å². The minimum atomic E-state index is -3.42. The van der Waals surface area contributed by atoms with E-state index in [0.717, 1.165) is 25.7 Å². The van der Waals surface area contributed by atoms with E-state index in [0.29, 0.717) is 10.5 Å². The molecule has 0 unspecified atom stereocenters.